The average Bonchev–Trinajstić information content (AvgIpc) is 3.10. The molecule has 1 heterocycles. The van der Waals surface area contributed by atoms with E-state index in [-0.39, 0.29) is 29.6 Å². The first-order valence-electron chi connectivity index (χ1n) is 9.42. The van der Waals surface area contributed by atoms with Gasteiger partial charge in [0.2, 0.25) is 0 Å². The molecule has 0 spiro atoms. The Morgan fingerprint density at radius 1 is 0.931 bits per heavy atom. The molecule has 1 atom stereocenters. The van der Waals surface area contributed by atoms with Crippen LogP contribution in [0, 0.1) is 6.92 Å². The molecule has 0 aliphatic heterocycles. The number of aryl methyl sites for hydroxylation is 1. The van der Waals surface area contributed by atoms with Gasteiger partial charge in [-0.15, -0.1) is 0 Å². The fraction of sp³-hybridized carbons (Fsp3) is 0.174. The number of carbonyl (C=O) groups excluding carboxylic acids is 3. The highest BCUT2D eigenvalue weighted by Gasteiger charge is 2.31. The van der Waals surface area contributed by atoms with Gasteiger partial charge < -0.3 is 14.6 Å². The van der Waals surface area contributed by atoms with Crippen molar-refractivity contribution in [1.82, 2.24) is 0 Å². The highest BCUT2D eigenvalue weighted by molar-refractivity contribution is 6.30. The van der Waals surface area contributed by atoms with Gasteiger partial charge in [-0.3, -0.25) is 14.4 Å². The Bertz CT molecular complexity index is 1130. The van der Waals surface area contributed by atoms with Crippen molar-refractivity contribution < 1.29 is 23.7 Å². The zero-order valence-electron chi connectivity index (χ0n) is 16.2. The van der Waals surface area contributed by atoms with Crippen LogP contribution in [-0.4, -0.2) is 31.1 Å². The van der Waals surface area contributed by atoms with Crippen LogP contribution in [0.25, 0.3) is 0 Å². The monoisotopic (exact) mass is 389 g/mol. The van der Waals surface area contributed by atoms with E-state index in [0.717, 1.165) is 16.4 Å². The maximum absolute atomic E-state index is 13.0. The van der Waals surface area contributed by atoms with Gasteiger partial charge in [0.1, 0.15) is 12.3 Å². The molecule has 2 aromatic carbocycles. The summed E-state index contributed by atoms with van der Waals surface area (Å²) in [6.45, 7) is 2.64. The number of anilines is 1. The van der Waals surface area contributed by atoms with Crippen LogP contribution in [0.4, 0.5) is 5.69 Å². The van der Waals surface area contributed by atoms with Crippen molar-refractivity contribution in [2.75, 3.05) is 18.9 Å². The van der Waals surface area contributed by atoms with Gasteiger partial charge in [-0.1, -0.05) is 36.4 Å². The normalized spacial score (nSPS) is 13.6. The summed E-state index contributed by atoms with van der Waals surface area (Å²) in [7, 11) is 1.89. The first kappa shape index (κ1) is 18.8. The number of furan rings is 1. The topological polar surface area (TPSA) is 80.8 Å². The van der Waals surface area contributed by atoms with Crippen LogP contribution < -0.4 is 10.2 Å². The smallest absolute Gasteiger partial charge is 0.279 e. The lowest BCUT2D eigenvalue weighted by Gasteiger charge is -2.20. The Balaban J connectivity index is 1.54. The summed E-state index contributed by atoms with van der Waals surface area (Å²) < 4.78 is 5.55. The number of ketones is 2. The molecular formula is C23H21N2O4+. The first-order chi connectivity index (χ1) is 13.9. The van der Waals surface area contributed by atoms with Crippen LogP contribution in [0.2, 0.25) is 0 Å². The zero-order valence-corrected chi connectivity index (χ0v) is 16.2. The van der Waals surface area contributed by atoms with Gasteiger partial charge in [0.25, 0.3) is 5.91 Å². The second-order valence-electron chi connectivity index (χ2n) is 7.30. The molecule has 0 bridgehead atoms. The number of carbonyl (C=O) groups is 3. The minimum absolute atomic E-state index is 0.197. The summed E-state index contributed by atoms with van der Waals surface area (Å²) in [4.78, 5) is 39.3. The van der Waals surface area contributed by atoms with E-state index in [4.69, 9.17) is 4.42 Å². The van der Waals surface area contributed by atoms with E-state index in [2.05, 4.69) is 5.32 Å². The molecule has 3 aromatic rings. The van der Waals surface area contributed by atoms with Crippen molar-refractivity contribution in [3.8, 4) is 0 Å². The van der Waals surface area contributed by atoms with Crippen molar-refractivity contribution in [1.29, 1.82) is 0 Å². The molecule has 0 radical (unpaired) electrons. The quantitative estimate of drug-likeness (QED) is 0.547. The van der Waals surface area contributed by atoms with E-state index in [0.29, 0.717) is 28.9 Å². The van der Waals surface area contributed by atoms with E-state index >= 15 is 0 Å². The SMILES string of the molecule is Cc1ccc(C[NH+](C)CC(=O)Nc2cccc3c2C(=O)c2ccccc2C3=O)o1. The summed E-state index contributed by atoms with van der Waals surface area (Å²) in [5.41, 5.74) is 1.69. The van der Waals surface area contributed by atoms with Gasteiger partial charge in [-0.2, -0.15) is 0 Å². The van der Waals surface area contributed by atoms with Crippen molar-refractivity contribution in [3.05, 3.63) is 88.4 Å². The molecule has 1 aromatic heterocycles. The van der Waals surface area contributed by atoms with Crippen LogP contribution in [0.1, 0.15) is 43.4 Å². The lowest BCUT2D eigenvalue weighted by atomic mass is 9.83. The summed E-state index contributed by atoms with van der Waals surface area (Å²) in [6.07, 6.45) is 0. The highest BCUT2D eigenvalue weighted by Crippen LogP contribution is 2.31. The number of quaternary nitrogens is 1. The number of benzene rings is 2. The Morgan fingerprint density at radius 2 is 1.62 bits per heavy atom. The van der Waals surface area contributed by atoms with Crippen LogP contribution in [-0.2, 0) is 11.3 Å². The molecule has 6 heteroatoms. The maximum Gasteiger partial charge on any atom is 0.279 e. The molecule has 146 valence electrons. The second-order valence-corrected chi connectivity index (χ2v) is 7.30. The second kappa shape index (κ2) is 7.48. The largest absolute Gasteiger partial charge is 0.460 e. The van der Waals surface area contributed by atoms with Gasteiger partial charge >= 0.3 is 0 Å². The maximum atomic E-state index is 13.0. The van der Waals surface area contributed by atoms with E-state index in [1.165, 1.54) is 0 Å². The van der Waals surface area contributed by atoms with E-state index in [1.54, 1.807) is 42.5 Å². The lowest BCUT2D eigenvalue weighted by molar-refractivity contribution is -0.886. The van der Waals surface area contributed by atoms with E-state index in [1.807, 2.05) is 26.1 Å². The number of rotatable bonds is 5. The number of amides is 1. The van der Waals surface area contributed by atoms with E-state index < -0.39 is 0 Å². The molecule has 6 nitrogen and oxygen atoms in total. The summed E-state index contributed by atoms with van der Waals surface area (Å²) >= 11 is 0. The number of hydrogen-bond acceptors (Lipinski definition) is 4. The number of fused-ring (bicyclic) bond motifs is 2. The molecule has 1 amide bonds. The van der Waals surface area contributed by atoms with Crippen molar-refractivity contribution >= 4 is 23.2 Å². The molecule has 1 aliphatic carbocycles. The summed E-state index contributed by atoms with van der Waals surface area (Å²) in [5.74, 6) is 0.942. The van der Waals surface area contributed by atoms with Gasteiger partial charge in [0.05, 0.1) is 18.3 Å². The highest BCUT2D eigenvalue weighted by atomic mass is 16.3. The van der Waals surface area contributed by atoms with Gasteiger partial charge in [-0.25, -0.2) is 0 Å². The van der Waals surface area contributed by atoms with Crippen molar-refractivity contribution in [2.24, 2.45) is 0 Å². The molecule has 0 fully saturated rings. The predicted molar refractivity (Wildman–Crippen MR) is 107 cm³/mol. The Labute approximate surface area is 168 Å². The molecule has 1 aliphatic rings. The third-order valence-corrected chi connectivity index (χ3v) is 4.96. The molecule has 29 heavy (non-hydrogen) atoms. The van der Waals surface area contributed by atoms with Crippen LogP contribution >= 0.6 is 0 Å². The Kier molecular flexibility index (Phi) is 4.86. The third-order valence-electron chi connectivity index (χ3n) is 4.96. The number of likely N-dealkylation sites (N-methyl/N-ethyl adjacent to an activating group) is 1. The molecule has 2 N–H and O–H groups in total. The minimum Gasteiger partial charge on any atom is -0.460 e. The molecule has 0 saturated heterocycles. The van der Waals surface area contributed by atoms with E-state index in [9.17, 15) is 14.4 Å². The van der Waals surface area contributed by atoms with Gasteiger partial charge in [-0.05, 0) is 25.1 Å². The number of hydrogen-bond donors (Lipinski definition) is 2. The third kappa shape index (κ3) is 3.62. The van der Waals surface area contributed by atoms with Gasteiger partial charge in [0, 0.05) is 16.7 Å². The molecule has 4 rings (SSSR count). The molecule has 1 unspecified atom stereocenters. The lowest BCUT2D eigenvalue weighted by Crippen LogP contribution is -3.08. The van der Waals surface area contributed by atoms with Crippen molar-refractivity contribution in [3.63, 3.8) is 0 Å². The van der Waals surface area contributed by atoms with Crippen LogP contribution in [0.15, 0.2) is 59.0 Å². The Hall–Kier alpha value is -3.51. The Morgan fingerprint density at radius 3 is 2.31 bits per heavy atom. The van der Waals surface area contributed by atoms with Crippen LogP contribution in [0.3, 0.4) is 0 Å². The fourth-order valence-electron chi connectivity index (χ4n) is 3.66. The van der Waals surface area contributed by atoms with Gasteiger partial charge in [0.15, 0.2) is 23.9 Å². The zero-order chi connectivity index (χ0) is 20.5. The average molecular weight is 389 g/mol. The van der Waals surface area contributed by atoms with Crippen LogP contribution in [0.5, 0.6) is 0 Å². The van der Waals surface area contributed by atoms with Crippen molar-refractivity contribution in [2.45, 2.75) is 13.5 Å². The fourth-order valence-corrected chi connectivity index (χ4v) is 3.66. The minimum atomic E-state index is -0.252. The first-order valence-corrected chi connectivity index (χ1v) is 9.42. The molecular weight excluding hydrogens is 368 g/mol. The molecule has 0 saturated carbocycles. The predicted octanol–water partition coefficient (Wildman–Crippen LogP) is 2.02. The summed E-state index contributed by atoms with van der Waals surface area (Å²) in [5, 5.41) is 2.81. The summed E-state index contributed by atoms with van der Waals surface area (Å²) in [6, 6.07) is 15.5. The standard InChI is InChI=1S/C23H20N2O4/c1-14-10-11-15(29-14)12-25(2)13-20(26)24-19-9-5-8-18-21(19)23(28)17-7-4-3-6-16(17)22(18)27/h3-11H,12-13H2,1-2H3,(H,24,26)/p+1. The number of nitrogens with one attached hydrogen (secondary N) is 2.